The highest BCUT2D eigenvalue weighted by atomic mass is 16.2. The molecule has 0 saturated carbocycles. The van der Waals surface area contributed by atoms with E-state index in [0.717, 1.165) is 24.8 Å². The van der Waals surface area contributed by atoms with Gasteiger partial charge in [-0.2, -0.15) is 0 Å². The number of nitrogens with one attached hydrogen (secondary N) is 2. The third kappa shape index (κ3) is 6.22. The van der Waals surface area contributed by atoms with E-state index in [9.17, 15) is 14.4 Å². The fourth-order valence-corrected chi connectivity index (χ4v) is 2.29. The predicted octanol–water partition coefficient (Wildman–Crippen LogP) is 3.22. The highest BCUT2D eigenvalue weighted by Gasteiger charge is 2.19. The second-order valence-corrected chi connectivity index (χ2v) is 5.67. The van der Waals surface area contributed by atoms with Crippen LogP contribution in [0.5, 0.6) is 0 Å². The molecule has 1 aromatic rings. The number of rotatable bonds is 9. The van der Waals surface area contributed by atoms with Gasteiger partial charge in [-0.15, -0.1) is 0 Å². The average molecular weight is 318 g/mol. The van der Waals surface area contributed by atoms with E-state index in [1.165, 1.54) is 19.9 Å². The summed E-state index contributed by atoms with van der Waals surface area (Å²) < 4.78 is 0. The van der Waals surface area contributed by atoms with Crippen molar-refractivity contribution >= 4 is 23.3 Å². The molecule has 0 aliphatic carbocycles. The number of carbonyl (C=O) groups excluding carboxylic acids is 3. The van der Waals surface area contributed by atoms with Gasteiger partial charge in [0, 0.05) is 13.5 Å². The maximum absolute atomic E-state index is 12.1. The number of benzene rings is 1. The Morgan fingerprint density at radius 3 is 2.39 bits per heavy atom. The molecule has 0 heterocycles. The minimum absolute atomic E-state index is 0.128. The first-order chi connectivity index (χ1) is 11.0. The summed E-state index contributed by atoms with van der Waals surface area (Å²) in [5, 5.41) is 5.06. The Labute approximate surface area is 137 Å². The van der Waals surface area contributed by atoms with Gasteiger partial charge in [0.25, 0.3) is 11.7 Å². The predicted molar refractivity (Wildman–Crippen MR) is 91.6 cm³/mol. The summed E-state index contributed by atoms with van der Waals surface area (Å²) in [5.74, 6) is -1.46. The van der Waals surface area contributed by atoms with Gasteiger partial charge in [0.1, 0.15) is 0 Å². The summed E-state index contributed by atoms with van der Waals surface area (Å²) >= 11 is 0. The minimum atomic E-state index is -0.689. The zero-order valence-electron chi connectivity index (χ0n) is 14.2. The van der Waals surface area contributed by atoms with Crippen molar-refractivity contribution in [1.82, 2.24) is 5.32 Å². The van der Waals surface area contributed by atoms with Gasteiger partial charge in [0.2, 0.25) is 5.91 Å². The van der Waals surface area contributed by atoms with Crippen LogP contribution in [0.25, 0.3) is 0 Å². The molecule has 0 atom stereocenters. The molecule has 2 N–H and O–H groups in total. The third-order valence-corrected chi connectivity index (χ3v) is 3.63. The minimum Gasteiger partial charge on any atom is -0.352 e. The lowest BCUT2D eigenvalue weighted by molar-refractivity contribution is -0.117. The van der Waals surface area contributed by atoms with Crippen LogP contribution < -0.4 is 10.6 Å². The zero-order chi connectivity index (χ0) is 17.2. The van der Waals surface area contributed by atoms with Crippen LogP contribution in [0.1, 0.15) is 61.4 Å². The van der Waals surface area contributed by atoms with Gasteiger partial charge in [-0.05, 0) is 25.5 Å². The molecule has 1 rings (SSSR count). The Hall–Kier alpha value is -2.17. The Morgan fingerprint density at radius 1 is 1.04 bits per heavy atom. The highest BCUT2D eigenvalue weighted by molar-refractivity contribution is 6.44. The molecule has 126 valence electrons. The van der Waals surface area contributed by atoms with Crippen molar-refractivity contribution in [3.05, 3.63) is 29.3 Å². The molecule has 5 heteroatoms. The number of carbonyl (C=O) groups is 3. The zero-order valence-corrected chi connectivity index (χ0v) is 14.2. The van der Waals surface area contributed by atoms with Crippen molar-refractivity contribution in [3.8, 4) is 0 Å². The van der Waals surface area contributed by atoms with Crippen molar-refractivity contribution in [2.45, 2.75) is 52.4 Å². The molecular weight excluding hydrogens is 292 g/mol. The van der Waals surface area contributed by atoms with Gasteiger partial charge in [0.05, 0.1) is 11.3 Å². The molecule has 0 aromatic heterocycles. The molecule has 0 fully saturated rings. The summed E-state index contributed by atoms with van der Waals surface area (Å²) in [6, 6.07) is 5.09. The maximum atomic E-state index is 12.1. The number of Topliss-reactive ketones (excluding diaryl/α,β-unsaturated/α-hetero) is 1. The first kappa shape index (κ1) is 18.9. The van der Waals surface area contributed by atoms with Crippen molar-refractivity contribution in [2.75, 3.05) is 12.4 Å². The number of anilines is 1. The Morgan fingerprint density at radius 2 is 1.74 bits per heavy atom. The number of likely N-dealkylation sites (N-methyl/N-ethyl adjacent to an activating group) is 1. The number of amides is 2. The molecule has 0 unspecified atom stereocenters. The molecular formula is C18H26N2O3. The number of hydrogen-bond donors (Lipinski definition) is 2. The molecule has 0 saturated heterocycles. The Balaban J connectivity index is 2.70. The first-order valence-electron chi connectivity index (χ1n) is 8.16. The summed E-state index contributed by atoms with van der Waals surface area (Å²) in [4.78, 5) is 35.7. The number of ketones is 1. The summed E-state index contributed by atoms with van der Waals surface area (Å²) in [7, 11) is 1.41. The Kier molecular flexibility index (Phi) is 8.02. The number of unbranched alkanes of at least 4 members (excludes halogenated alkanes) is 4. The molecule has 1 aromatic carbocycles. The van der Waals surface area contributed by atoms with E-state index in [0.29, 0.717) is 12.1 Å². The quantitative estimate of drug-likeness (QED) is 0.417. The van der Waals surface area contributed by atoms with Crippen LogP contribution in [0.2, 0.25) is 0 Å². The number of hydrogen-bond acceptors (Lipinski definition) is 3. The van der Waals surface area contributed by atoms with Crippen LogP contribution in [0.4, 0.5) is 5.69 Å². The van der Waals surface area contributed by atoms with Gasteiger partial charge in [-0.3, -0.25) is 14.4 Å². The van der Waals surface area contributed by atoms with E-state index in [4.69, 9.17) is 0 Å². The van der Waals surface area contributed by atoms with Crippen molar-refractivity contribution in [3.63, 3.8) is 0 Å². The van der Waals surface area contributed by atoms with Crippen molar-refractivity contribution in [1.29, 1.82) is 0 Å². The SMILES string of the molecule is CCCCCCCC(=O)Nc1ccc(C)cc1C(=O)C(=O)NC. The lowest BCUT2D eigenvalue weighted by Gasteiger charge is -2.11. The molecule has 23 heavy (non-hydrogen) atoms. The summed E-state index contributed by atoms with van der Waals surface area (Å²) in [6.45, 7) is 3.98. The van der Waals surface area contributed by atoms with Crippen LogP contribution in [0.3, 0.4) is 0 Å². The molecule has 2 amide bonds. The van der Waals surface area contributed by atoms with E-state index < -0.39 is 11.7 Å². The van der Waals surface area contributed by atoms with Crippen molar-refractivity contribution < 1.29 is 14.4 Å². The summed E-state index contributed by atoms with van der Waals surface area (Å²) in [5.41, 5.74) is 1.47. The van der Waals surface area contributed by atoms with Gasteiger partial charge in [-0.1, -0.05) is 44.2 Å². The molecule has 0 radical (unpaired) electrons. The highest BCUT2D eigenvalue weighted by Crippen LogP contribution is 2.19. The molecule has 5 nitrogen and oxygen atoms in total. The lowest BCUT2D eigenvalue weighted by atomic mass is 10.0. The summed E-state index contributed by atoms with van der Waals surface area (Å²) in [6.07, 6.45) is 5.76. The fourth-order valence-electron chi connectivity index (χ4n) is 2.29. The van der Waals surface area contributed by atoms with Gasteiger partial charge < -0.3 is 10.6 Å². The normalized spacial score (nSPS) is 10.2. The van der Waals surface area contributed by atoms with E-state index >= 15 is 0 Å². The molecule has 0 aliphatic rings. The van der Waals surface area contributed by atoms with E-state index in [-0.39, 0.29) is 11.5 Å². The average Bonchev–Trinajstić information content (AvgIpc) is 2.54. The van der Waals surface area contributed by atoms with E-state index in [1.807, 2.05) is 6.92 Å². The molecule has 0 bridgehead atoms. The van der Waals surface area contributed by atoms with Crippen LogP contribution in [0.15, 0.2) is 18.2 Å². The van der Waals surface area contributed by atoms with Gasteiger partial charge in [-0.25, -0.2) is 0 Å². The van der Waals surface area contributed by atoms with Crippen LogP contribution in [-0.2, 0) is 9.59 Å². The van der Waals surface area contributed by atoms with Gasteiger partial charge in [0.15, 0.2) is 0 Å². The first-order valence-corrected chi connectivity index (χ1v) is 8.16. The second kappa shape index (κ2) is 9.77. The van der Waals surface area contributed by atoms with Gasteiger partial charge >= 0.3 is 0 Å². The second-order valence-electron chi connectivity index (χ2n) is 5.67. The lowest BCUT2D eigenvalue weighted by Crippen LogP contribution is -2.28. The fraction of sp³-hybridized carbons (Fsp3) is 0.500. The third-order valence-electron chi connectivity index (χ3n) is 3.63. The topological polar surface area (TPSA) is 75.3 Å². The number of aryl methyl sites for hydroxylation is 1. The monoisotopic (exact) mass is 318 g/mol. The van der Waals surface area contributed by atoms with Crippen molar-refractivity contribution in [2.24, 2.45) is 0 Å². The van der Waals surface area contributed by atoms with Crippen LogP contribution in [0, 0.1) is 6.92 Å². The van der Waals surface area contributed by atoms with Crippen LogP contribution >= 0.6 is 0 Å². The Bertz CT molecular complexity index is 567. The maximum Gasteiger partial charge on any atom is 0.292 e. The van der Waals surface area contributed by atoms with E-state index in [1.54, 1.807) is 18.2 Å². The molecule has 0 spiro atoms. The standard InChI is InChI=1S/C18H26N2O3/c1-4-5-6-7-8-9-16(21)20-15-11-10-13(2)12-14(15)17(22)18(23)19-3/h10-12H,4-9H2,1-3H3,(H,19,23)(H,20,21). The largest absolute Gasteiger partial charge is 0.352 e. The smallest absolute Gasteiger partial charge is 0.292 e. The van der Waals surface area contributed by atoms with E-state index in [2.05, 4.69) is 17.6 Å². The molecule has 0 aliphatic heterocycles. The van der Waals surface area contributed by atoms with Crippen LogP contribution in [-0.4, -0.2) is 24.6 Å².